The van der Waals surface area contributed by atoms with Crippen LogP contribution in [-0.4, -0.2) is 289 Å². The number of aromatic nitrogens is 1. The molecule has 5 unspecified atom stereocenters. The van der Waals surface area contributed by atoms with Crippen molar-refractivity contribution in [1.29, 1.82) is 0 Å². The molecule has 14 amide bonds. The number of carboxylic acid groups (broad SMARTS) is 1. The summed E-state index contributed by atoms with van der Waals surface area (Å²) in [6.45, 7) is 5.02. The van der Waals surface area contributed by atoms with Gasteiger partial charge in [0.2, 0.25) is 82.7 Å². The molecule has 3 saturated heterocycles. The number of amides is 14. The Bertz CT molecular complexity index is 5170. The molecule has 6 aromatic carbocycles. The number of hydrogen-bond acceptors (Lipinski definition) is 21. The van der Waals surface area contributed by atoms with Crippen LogP contribution in [0.3, 0.4) is 0 Å². The molecule has 700 valence electrons. The normalized spacial score (nSPS) is 24.9. The molecule has 36 nitrogen and oxygen atoms in total. The lowest BCUT2D eigenvalue weighted by Crippen LogP contribution is -2.60. The van der Waals surface area contributed by atoms with Crippen LogP contribution in [0.15, 0.2) is 170 Å². The quantitative estimate of drug-likeness (QED) is 0.0426. The van der Waals surface area contributed by atoms with Gasteiger partial charge in [-0.2, -0.15) is 0 Å². The van der Waals surface area contributed by atoms with Crippen LogP contribution in [-0.2, 0) is 115 Å². The third kappa shape index (κ3) is 28.6. The van der Waals surface area contributed by atoms with Crippen LogP contribution in [0.1, 0.15) is 99.6 Å². The number of benzene rings is 6. The van der Waals surface area contributed by atoms with Gasteiger partial charge in [0.05, 0.1) is 43.5 Å². The standard InChI is InChI=1S/C94H118N16O20S/c1-9-10-30-74-92(128)106(5)51-79(115)99-71(47-81(117)118)84(120)98-55(4)90(126)108(7)75(43-57-24-16-12-17-25-57)88(124)101-67(40-59-31-35-62(111)36-32-59)82-94(130-82)110-50-64(113)46-76(110)89(125)104-70(45-61-48-96-66-29-21-20-28-65(61)66)87(123)103-69(41-60-33-37-63(112)38-34-60)86(122)102-68(39-54(2)3)85(121)105-73(83(119)97-49-78(95)114)52-131-53-80(116)100-72(42-56-22-14-11-15-23-56)91(127)109(8)77(93(129)107(74)6)44-58-26-18-13-19-27-58/h11-29,31-38,48,54-55,64,67-77,82,94,96,111-113H,9-10,30,39-47,49-53H2,1-8H3,(H2,95,114)(H,97,119)(H,98,120)(H,99,115)(H,100,116)(H,101,124)(H,102,122)(H,103,123)(H,104,125)(H,105,121)(H,117,118)/t55-,64-,67-,68-,69-,70-,71-,72-,73-,74-,75?,76?,77?,82?,94?/m0/s1. The number of carbonyl (C=O) groups excluding carboxylic acids is 14. The minimum Gasteiger partial charge on any atom is -0.508 e. The van der Waals surface area contributed by atoms with E-state index in [0.717, 1.165) is 21.6 Å². The van der Waals surface area contributed by atoms with Crippen molar-refractivity contribution >= 4 is 111 Å². The molecule has 3 aliphatic heterocycles. The van der Waals surface area contributed by atoms with Crippen molar-refractivity contribution in [2.45, 2.75) is 196 Å². The lowest BCUT2D eigenvalue weighted by Gasteiger charge is -2.37. The first-order valence-corrected chi connectivity index (χ1v) is 44.8. The Kier molecular flexibility index (Phi) is 36.1. The fraction of sp³-hybridized carbons (Fsp3) is 0.436. The Balaban J connectivity index is 1.02. The van der Waals surface area contributed by atoms with Gasteiger partial charge in [-0.05, 0) is 102 Å². The average Bonchev–Trinajstić information content (AvgIpc) is 1.60. The third-order valence-electron chi connectivity index (χ3n) is 23.4. The summed E-state index contributed by atoms with van der Waals surface area (Å²) in [6.07, 6.45) is -2.71. The molecule has 10 rings (SSSR count). The molecule has 16 N–H and O–H groups in total. The minimum atomic E-state index is -1.87. The number of aliphatic hydroxyl groups is 1. The molecular formula is C94H118N16O20S. The summed E-state index contributed by atoms with van der Waals surface area (Å²) in [4.78, 5) is 229. The number of aromatic amines is 1. The van der Waals surface area contributed by atoms with Gasteiger partial charge in [-0.3, -0.25) is 76.8 Å². The number of primary amides is 1. The monoisotopic (exact) mass is 1820 g/mol. The van der Waals surface area contributed by atoms with Crippen molar-refractivity contribution in [1.82, 2.24) is 77.3 Å². The molecule has 1 aromatic heterocycles. The molecule has 0 saturated carbocycles. The van der Waals surface area contributed by atoms with Crippen molar-refractivity contribution in [2.24, 2.45) is 11.7 Å². The van der Waals surface area contributed by atoms with Gasteiger partial charge in [-0.15, -0.1) is 11.8 Å². The van der Waals surface area contributed by atoms with E-state index in [-0.39, 0.29) is 87.5 Å². The van der Waals surface area contributed by atoms with Gasteiger partial charge in [-0.25, -0.2) is 0 Å². The van der Waals surface area contributed by atoms with E-state index in [9.17, 15) is 58.8 Å². The highest BCUT2D eigenvalue weighted by molar-refractivity contribution is 8.00. The van der Waals surface area contributed by atoms with Crippen LogP contribution in [0.5, 0.6) is 11.5 Å². The van der Waals surface area contributed by atoms with Crippen LogP contribution in [0, 0.1) is 5.92 Å². The Morgan fingerprint density at radius 1 is 0.534 bits per heavy atom. The number of aliphatic hydroxyl groups excluding tert-OH is 1. The zero-order chi connectivity index (χ0) is 94.9. The number of H-pyrrole nitrogens is 1. The minimum absolute atomic E-state index is 0.0116. The highest BCUT2D eigenvalue weighted by atomic mass is 32.2. The Hall–Kier alpha value is -13.3. The molecule has 4 heterocycles. The van der Waals surface area contributed by atoms with Crippen molar-refractivity contribution in [3.63, 3.8) is 0 Å². The molecule has 0 spiro atoms. The van der Waals surface area contributed by atoms with E-state index in [4.69, 9.17) is 10.5 Å². The first-order chi connectivity index (χ1) is 62.5. The molecule has 131 heavy (non-hydrogen) atoms. The zero-order valence-corrected chi connectivity index (χ0v) is 75.3. The second kappa shape index (κ2) is 47.3. The number of nitrogens with two attached hydrogens (primary N) is 1. The Morgan fingerprint density at radius 2 is 1.05 bits per heavy atom. The molecule has 3 aliphatic rings. The Labute approximate surface area is 763 Å². The average molecular weight is 1820 g/mol. The first-order valence-electron chi connectivity index (χ1n) is 43.7. The van der Waals surface area contributed by atoms with Gasteiger partial charge >= 0.3 is 5.97 Å². The number of epoxide rings is 1. The van der Waals surface area contributed by atoms with E-state index in [0.29, 0.717) is 57.1 Å². The number of para-hydroxylation sites is 1. The van der Waals surface area contributed by atoms with Gasteiger partial charge in [0.1, 0.15) is 84.2 Å². The fourth-order valence-electron chi connectivity index (χ4n) is 16.2. The number of likely N-dealkylation sites (N-methyl/N-ethyl adjacent to an activating group) is 4. The van der Waals surface area contributed by atoms with E-state index in [1.54, 1.807) is 152 Å². The van der Waals surface area contributed by atoms with Crippen molar-refractivity contribution < 1.29 is 97.1 Å². The van der Waals surface area contributed by atoms with Crippen molar-refractivity contribution in [3.05, 3.63) is 203 Å². The predicted molar refractivity (Wildman–Crippen MR) is 485 cm³/mol. The van der Waals surface area contributed by atoms with Gasteiger partial charge in [0.15, 0.2) is 0 Å². The second-order valence-corrected chi connectivity index (χ2v) is 35.0. The maximum atomic E-state index is 15.6. The molecule has 3 fully saturated rings. The Morgan fingerprint density at radius 3 is 1.64 bits per heavy atom. The van der Waals surface area contributed by atoms with Crippen LogP contribution in [0.25, 0.3) is 10.9 Å². The van der Waals surface area contributed by atoms with E-state index in [2.05, 4.69) is 52.8 Å². The van der Waals surface area contributed by atoms with E-state index in [1.165, 1.54) is 81.3 Å². The third-order valence-corrected chi connectivity index (χ3v) is 24.4. The van der Waals surface area contributed by atoms with Gasteiger partial charge in [0.25, 0.3) is 0 Å². The maximum absolute atomic E-state index is 15.6. The summed E-state index contributed by atoms with van der Waals surface area (Å²) in [5.41, 5.74) is 9.47. The number of phenolic OH excluding ortho intramolecular Hbond substituents is 2. The number of phenols is 2. The van der Waals surface area contributed by atoms with Gasteiger partial charge < -0.3 is 103 Å². The van der Waals surface area contributed by atoms with Gasteiger partial charge in [0, 0.05) is 89.7 Å². The lowest BCUT2D eigenvalue weighted by molar-refractivity contribution is -0.151. The van der Waals surface area contributed by atoms with Crippen LogP contribution in [0.2, 0.25) is 0 Å². The SMILES string of the molecule is CCCC[C@H]1C(=O)N(C)CC(=O)N[C@@H](CC(=O)O)C(=O)N[C@@H](C)C(=O)N(C)C(Cc2ccccc2)C(=O)N[C@@H](Cc2ccc(O)cc2)C2OC2N2C[C@@H](O)CC2C(=O)N[C@@H](Cc2c[nH]c3ccccc23)C(=O)N[C@@H](Cc2ccc(O)cc2)C(=O)N[C@@H](CC(C)C)C(=O)N[C@H](C(=O)NCC(N)=O)CSCC(=O)N[C@@H](Cc2ccccc2)C(=O)N(C)C(Cc2ccccc2)C(=O)N1C. The number of aromatic hydroxyl groups is 2. The van der Waals surface area contributed by atoms with E-state index >= 15 is 33.6 Å². The summed E-state index contributed by atoms with van der Waals surface area (Å²) in [5.74, 6) is -15.1. The number of nitrogens with zero attached hydrogens (tertiary/aromatic N) is 5. The molecule has 7 aromatic rings. The van der Waals surface area contributed by atoms with Crippen LogP contribution < -0.4 is 53.6 Å². The molecule has 15 atom stereocenters. The highest BCUT2D eigenvalue weighted by Gasteiger charge is 2.55. The number of unbranched alkanes of at least 4 members (excludes halogenated alkanes) is 1. The zero-order valence-electron chi connectivity index (χ0n) is 74.5. The van der Waals surface area contributed by atoms with E-state index in [1.807, 2.05) is 6.92 Å². The topological polar surface area (TPSA) is 516 Å². The van der Waals surface area contributed by atoms with E-state index < -0.39 is 205 Å². The number of nitrogens with one attached hydrogen (secondary N) is 10. The largest absolute Gasteiger partial charge is 0.508 e. The summed E-state index contributed by atoms with van der Waals surface area (Å²) in [7, 11) is 5.34. The fourth-order valence-corrected chi connectivity index (χ4v) is 17.1. The number of carbonyl (C=O) groups is 15. The maximum Gasteiger partial charge on any atom is 0.305 e. The molecule has 0 radical (unpaired) electrons. The lowest BCUT2D eigenvalue weighted by atomic mass is 9.99. The summed E-state index contributed by atoms with van der Waals surface area (Å²) in [5, 5.41) is 67.8. The smallest absolute Gasteiger partial charge is 0.305 e. The molecule has 0 bridgehead atoms. The number of carboxylic acids is 1. The van der Waals surface area contributed by atoms with Gasteiger partial charge in [-0.1, -0.05) is 167 Å². The number of hydrogen-bond donors (Lipinski definition) is 15. The number of rotatable bonds is 22. The predicted octanol–water partition coefficient (Wildman–Crippen LogP) is 1.39. The summed E-state index contributed by atoms with van der Waals surface area (Å²) in [6, 6.07) is 27.7. The molecule has 37 heteroatoms. The van der Waals surface area contributed by atoms with Crippen LogP contribution >= 0.6 is 11.8 Å². The van der Waals surface area contributed by atoms with Crippen molar-refractivity contribution in [3.8, 4) is 11.5 Å². The number of ether oxygens (including phenoxy) is 1. The number of thioether (sulfide) groups is 1. The summed E-state index contributed by atoms with van der Waals surface area (Å²) < 4.78 is 6.47. The summed E-state index contributed by atoms with van der Waals surface area (Å²) >= 11 is 0.836. The second-order valence-electron chi connectivity index (χ2n) is 34.0. The molecule has 0 aliphatic carbocycles. The number of aliphatic carboxylic acids is 1. The first kappa shape index (κ1) is 99.9. The highest BCUT2D eigenvalue weighted by Crippen LogP contribution is 2.37. The molecular weight excluding hydrogens is 1710 g/mol. The van der Waals surface area contributed by atoms with Crippen LogP contribution in [0.4, 0.5) is 0 Å². The number of fused-ring (bicyclic) bond motifs is 4. The van der Waals surface area contributed by atoms with Crippen molar-refractivity contribution in [2.75, 3.05) is 59.3 Å².